The Morgan fingerprint density at radius 2 is 1.92 bits per heavy atom. The Kier molecular flexibility index (Phi) is 5.72. The van der Waals surface area contributed by atoms with Crippen molar-refractivity contribution in [3.63, 3.8) is 0 Å². The lowest BCUT2D eigenvalue weighted by atomic mass is 10.1. The minimum absolute atomic E-state index is 0.0712. The minimum Gasteiger partial charge on any atom is -0.462 e. The molecular weight excluding hydrogens is 156 g/mol. The van der Waals surface area contributed by atoms with Crippen LogP contribution in [0.3, 0.4) is 0 Å². The zero-order valence-electron chi connectivity index (χ0n) is 8.00. The first kappa shape index (κ1) is 11.4. The Bertz CT molecular complexity index is 130. The summed E-state index contributed by atoms with van der Waals surface area (Å²) >= 11 is 0. The Morgan fingerprint density at radius 3 is 2.25 bits per heavy atom. The van der Waals surface area contributed by atoms with Gasteiger partial charge in [0.05, 0.1) is 18.6 Å². The van der Waals surface area contributed by atoms with E-state index in [0.717, 1.165) is 6.42 Å². The third-order valence-corrected chi connectivity index (χ3v) is 1.92. The molecule has 0 aliphatic carbocycles. The van der Waals surface area contributed by atoms with E-state index in [2.05, 4.69) is 0 Å². The van der Waals surface area contributed by atoms with Crippen LogP contribution < -0.4 is 0 Å². The average molecular weight is 173 g/mol. The first-order valence-electron chi connectivity index (χ1n) is 4.44. The van der Waals surface area contributed by atoms with Crippen molar-refractivity contribution < 1.29 is 14.6 Å². The number of rotatable bonds is 5. The third kappa shape index (κ3) is 3.72. The van der Waals surface area contributed by atoms with Gasteiger partial charge in [-0.2, -0.15) is 0 Å². The van der Waals surface area contributed by atoms with Gasteiger partial charge in [0, 0.05) is 0 Å². The molecule has 0 fully saturated rings. The lowest BCUT2D eigenvalue weighted by Gasteiger charge is -2.14. The summed E-state index contributed by atoms with van der Waals surface area (Å²) < 4.78 is 5.00. The van der Waals surface area contributed by atoms with E-state index in [1.54, 1.807) is 0 Å². The fourth-order valence-corrected chi connectivity index (χ4v) is 0.730. The van der Waals surface area contributed by atoms with Gasteiger partial charge in [-0.3, -0.25) is 4.79 Å². The number of esters is 1. The van der Waals surface area contributed by atoms with Crippen LogP contribution in [0.25, 0.3) is 0 Å². The number of carbonyl (C=O) groups is 1. The van der Waals surface area contributed by atoms with Crippen molar-refractivity contribution in [2.75, 3.05) is 6.61 Å². The van der Waals surface area contributed by atoms with Gasteiger partial charge in [0.25, 0.3) is 0 Å². The molecule has 0 rings (SSSR count). The molecule has 2 atom stereocenters. The fraction of sp³-hybridized carbons (Fsp3) is 0.889. The molecular formula is C9H17O3. The molecule has 0 N–H and O–H groups in total. The van der Waals surface area contributed by atoms with Gasteiger partial charge in [-0.15, -0.1) is 0 Å². The highest BCUT2D eigenvalue weighted by Crippen LogP contribution is 2.07. The summed E-state index contributed by atoms with van der Waals surface area (Å²) in [4.78, 5) is 11.2. The fourth-order valence-electron chi connectivity index (χ4n) is 0.730. The number of carbonyl (C=O) groups excluding carboxylic acids is 1. The molecule has 0 bridgehead atoms. The Morgan fingerprint density at radius 1 is 1.33 bits per heavy atom. The standard InChI is InChI=1S/C9H17O3/c1-4-7(3)12-9(11)8(5-2)6-10/h7-8H,4-6H2,1-3H3. The smallest absolute Gasteiger partial charge is 0.311 e. The van der Waals surface area contributed by atoms with E-state index < -0.39 is 5.92 Å². The second kappa shape index (κ2) is 6.00. The summed E-state index contributed by atoms with van der Waals surface area (Å²) in [5, 5.41) is 10.5. The van der Waals surface area contributed by atoms with Gasteiger partial charge in [0.15, 0.2) is 0 Å². The van der Waals surface area contributed by atoms with Gasteiger partial charge in [-0.25, -0.2) is 5.11 Å². The zero-order valence-corrected chi connectivity index (χ0v) is 8.00. The molecule has 0 spiro atoms. The second-order valence-electron chi connectivity index (χ2n) is 2.93. The zero-order chi connectivity index (χ0) is 9.56. The molecule has 0 amide bonds. The molecule has 1 radical (unpaired) electrons. The van der Waals surface area contributed by atoms with Gasteiger partial charge < -0.3 is 4.74 Å². The van der Waals surface area contributed by atoms with E-state index in [1.165, 1.54) is 0 Å². The minimum atomic E-state index is -0.459. The van der Waals surface area contributed by atoms with Gasteiger partial charge in [0.2, 0.25) is 0 Å². The Balaban J connectivity index is 3.84. The van der Waals surface area contributed by atoms with E-state index in [-0.39, 0.29) is 18.7 Å². The predicted molar refractivity (Wildman–Crippen MR) is 45.2 cm³/mol. The quantitative estimate of drug-likeness (QED) is 0.595. The summed E-state index contributed by atoms with van der Waals surface area (Å²) in [6, 6.07) is 0. The maximum absolute atomic E-state index is 11.2. The van der Waals surface area contributed by atoms with Crippen molar-refractivity contribution in [3.05, 3.63) is 0 Å². The molecule has 71 valence electrons. The lowest BCUT2D eigenvalue weighted by molar-refractivity contribution is -0.155. The Labute approximate surface area is 73.7 Å². The van der Waals surface area contributed by atoms with Crippen LogP contribution in [-0.2, 0) is 14.6 Å². The first-order chi connectivity index (χ1) is 5.65. The van der Waals surface area contributed by atoms with Crippen LogP contribution >= 0.6 is 0 Å². The molecule has 0 aromatic heterocycles. The summed E-state index contributed by atoms with van der Waals surface area (Å²) in [6.45, 7) is 5.22. The average Bonchev–Trinajstić information content (AvgIpc) is 2.06. The van der Waals surface area contributed by atoms with Crippen LogP contribution in [0.5, 0.6) is 0 Å². The molecule has 0 saturated heterocycles. The van der Waals surface area contributed by atoms with E-state index in [1.807, 2.05) is 20.8 Å². The molecule has 0 aromatic carbocycles. The maximum Gasteiger partial charge on any atom is 0.311 e. The van der Waals surface area contributed by atoms with Crippen molar-refractivity contribution in [1.82, 2.24) is 0 Å². The molecule has 3 heteroatoms. The third-order valence-electron chi connectivity index (χ3n) is 1.92. The predicted octanol–water partition coefficient (Wildman–Crippen LogP) is 1.78. The SMILES string of the molecule is CCC(C)OC(=O)C(CC)C[O]. The highest BCUT2D eigenvalue weighted by Gasteiger charge is 2.18. The monoisotopic (exact) mass is 173 g/mol. The van der Waals surface area contributed by atoms with Crippen LogP contribution in [0.15, 0.2) is 0 Å². The molecule has 2 unspecified atom stereocenters. The van der Waals surface area contributed by atoms with Crippen molar-refractivity contribution in [2.45, 2.75) is 39.7 Å². The van der Waals surface area contributed by atoms with Crippen LogP contribution in [0.4, 0.5) is 0 Å². The van der Waals surface area contributed by atoms with Crippen LogP contribution in [-0.4, -0.2) is 18.7 Å². The molecule has 0 aliphatic heterocycles. The molecule has 3 nitrogen and oxygen atoms in total. The molecule has 0 aliphatic rings. The number of hydrogen-bond donors (Lipinski definition) is 0. The summed E-state index contributed by atoms with van der Waals surface area (Å²) in [5.74, 6) is -0.805. The molecule has 12 heavy (non-hydrogen) atoms. The highest BCUT2D eigenvalue weighted by molar-refractivity contribution is 5.72. The van der Waals surface area contributed by atoms with Gasteiger partial charge >= 0.3 is 5.97 Å². The normalized spacial score (nSPS) is 15.3. The van der Waals surface area contributed by atoms with Crippen molar-refractivity contribution in [1.29, 1.82) is 0 Å². The number of ether oxygens (including phenoxy) is 1. The van der Waals surface area contributed by atoms with E-state index in [4.69, 9.17) is 4.74 Å². The van der Waals surface area contributed by atoms with Crippen LogP contribution in [0, 0.1) is 5.92 Å². The molecule has 0 heterocycles. The molecule has 0 aromatic rings. The topological polar surface area (TPSA) is 46.2 Å². The van der Waals surface area contributed by atoms with Crippen molar-refractivity contribution in [3.8, 4) is 0 Å². The molecule has 0 saturated carbocycles. The highest BCUT2D eigenvalue weighted by atomic mass is 16.5. The van der Waals surface area contributed by atoms with Crippen LogP contribution in [0.1, 0.15) is 33.6 Å². The number of hydrogen-bond acceptors (Lipinski definition) is 2. The van der Waals surface area contributed by atoms with Gasteiger partial charge in [-0.1, -0.05) is 13.8 Å². The van der Waals surface area contributed by atoms with E-state index in [9.17, 15) is 9.90 Å². The second-order valence-corrected chi connectivity index (χ2v) is 2.93. The van der Waals surface area contributed by atoms with E-state index >= 15 is 0 Å². The van der Waals surface area contributed by atoms with E-state index in [0.29, 0.717) is 6.42 Å². The summed E-state index contributed by atoms with van der Waals surface area (Å²) in [7, 11) is 0. The summed E-state index contributed by atoms with van der Waals surface area (Å²) in [5.41, 5.74) is 0. The lowest BCUT2D eigenvalue weighted by Crippen LogP contribution is -2.23. The van der Waals surface area contributed by atoms with Crippen LogP contribution in [0.2, 0.25) is 0 Å². The summed E-state index contributed by atoms with van der Waals surface area (Å²) in [6.07, 6.45) is 1.29. The Hall–Kier alpha value is -0.570. The van der Waals surface area contributed by atoms with Gasteiger partial charge in [-0.05, 0) is 19.8 Å². The van der Waals surface area contributed by atoms with Crippen molar-refractivity contribution in [2.24, 2.45) is 5.92 Å². The maximum atomic E-state index is 11.2. The largest absolute Gasteiger partial charge is 0.462 e. The van der Waals surface area contributed by atoms with Gasteiger partial charge in [0.1, 0.15) is 0 Å². The first-order valence-corrected chi connectivity index (χ1v) is 4.44. The van der Waals surface area contributed by atoms with Crippen molar-refractivity contribution >= 4 is 5.97 Å².